The first kappa shape index (κ1) is 13.1. The van der Waals surface area contributed by atoms with Crippen molar-refractivity contribution in [2.45, 2.75) is 32.0 Å². The van der Waals surface area contributed by atoms with E-state index in [2.05, 4.69) is 41.1 Å². The molecular formula is C10H19N5S. The first-order valence-corrected chi connectivity index (χ1v) is 6.51. The molecule has 0 amide bonds. The monoisotopic (exact) mass is 241 g/mol. The van der Waals surface area contributed by atoms with Crippen LogP contribution in [0.25, 0.3) is 0 Å². The van der Waals surface area contributed by atoms with E-state index in [1.807, 2.05) is 12.3 Å². The van der Waals surface area contributed by atoms with Crippen LogP contribution in [0, 0.1) is 0 Å². The Kier molecular flexibility index (Phi) is 4.82. The largest absolute Gasteiger partial charge is 0.354 e. The van der Waals surface area contributed by atoms with E-state index in [0.717, 1.165) is 17.5 Å². The van der Waals surface area contributed by atoms with Gasteiger partial charge in [0.15, 0.2) is 5.16 Å². The minimum atomic E-state index is 0.403. The highest BCUT2D eigenvalue weighted by Crippen LogP contribution is 2.21. The van der Waals surface area contributed by atoms with Crippen molar-refractivity contribution >= 4 is 23.4 Å². The van der Waals surface area contributed by atoms with Gasteiger partial charge in [-0.15, -0.1) is 0 Å². The lowest BCUT2D eigenvalue weighted by atomic mass is 10.3. The van der Waals surface area contributed by atoms with Gasteiger partial charge in [-0.3, -0.25) is 0 Å². The van der Waals surface area contributed by atoms with Gasteiger partial charge in [-0.1, -0.05) is 11.8 Å². The zero-order valence-corrected chi connectivity index (χ0v) is 11.0. The predicted molar refractivity (Wildman–Crippen MR) is 69.8 cm³/mol. The topological polar surface area (TPSA) is 67.1 Å². The third-order valence-electron chi connectivity index (χ3n) is 2.28. The average Bonchev–Trinajstić information content (AvgIpc) is 2.29. The maximum Gasteiger partial charge on any atom is 0.191 e. The Bertz CT molecular complexity index is 320. The maximum atomic E-state index is 5.39. The number of hydrazine groups is 1. The Morgan fingerprint density at radius 1 is 1.50 bits per heavy atom. The number of hydrogen-bond acceptors (Lipinski definition) is 6. The Morgan fingerprint density at radius 2 is 2.19 bits per heavy atom. The van der Waals surface area contributed by atoms with Crippen LogP contribution in [0.4, 0.5) is 11.6 Å². The van der Waals surface area contributed by atoms with Gasteiger partial charge >= 0.3 is 0 Å². The zero-order chi connectivity index (χ0) is 12.1. The van der Waals surface area contributed by atoms with Gasteiger partial charge in [0.25, 0.3) is 0 Å². The van der Waals surface area contributed by atoms with Crippen LogP contribution >= 0.6 is 11.8 Å². The van der Waals surface area contributed by atoms with Gasteiger partial charge in [-0.25, -0.2) is 15.8 Å². The quantitative estimate of drug-likeness (QED) is 0.354. The van der Waals surface area contributed by atoms with E-state index in [9.17, 15) is 0 Å². The first-order chi connectivity index (χ1) is 7.62. The summed E-state index contributed by atoms with van der Waals surface area (Å²) in [4.78, 5) is 10.9. The van der Waals surface area contributed by atoms with E-state index in [0.29, 0.717) is 11.9 Å². The highest BCUT2D eigenvalue weighted by atomic mass is 32.2. The van der Waals surface area contributed by atoms with Crippen molar-refractivity contribution < 1.29 is 0 Å². The SMILES string of the molecule is CCN(c1cc(NN)nc(SC)n1)C(C)C. The summed E-state index contributed by atoms with van der Waals surface area (Å²) >= 11 is 1.51. The fourth-order valence-electron chi connectivity index (χ4n) is 1.52. The molecule has 90 valence electrons. The number of nitrogens with zero attached hydrogens (tertiary/aromatic N) is 3. The highest BCUT2D eigenvalue weighted by Gasteiger charge is 2.12. The molecule has 0 aliphatic heterocycles. The van der Waals surface area contributed by atoms with E-state index in [1.54, 1.807) is 0 Å². The van der Waals surface area contributed by atoms with Crippen LogP contribution in [-0.4, -0.2) is 28.8 Å². The van der Waals surface area contributed by atoms with E-state index < -0.39 is 0 Å². The Hall–Kier alpha value is -1.01. The molecule has 0 bridgehead atoms. The molecule has 3 N–H and O–H groups in total. The molecule has 0 unspecified atom stereocenters. The van der Waals surface area contributed by atoms with Crippen molar-refractivity contribution in [1.82, 2.24) is 9.97 Å². The first-order valence-electron chi connectivity index (χ1n) is 5.28. The molecule has 1 aromatic rings. The van der Waals surface area contributed by atoms with Crippen molar-refractivity contribution in [2.75, 3.05) is 23.1 Å². The Morgan fingerprint density at radius 3 is 2.62 bits per heavy atom. The molecule has 6 heteroatoms. The normalized spacial score (nSPS) is 10.6. The van der Waals surface area contributed by atoms with E-state index in [1.165, 1.54) is 11.8 Å². The van der Waals surface area contributed by atoms with Gasteiger partial charge in [-0.05, 0) is 27.0 Å². The predicted octanol–water partition coefficient (Wildman–Crippen LogP) is 1.72. The van der Waals surface area contributed by atoms with Crippen LogP contribution in [0.1, 0.15) is 20.8 Å². The molecule has 0 aromatic carbocycles. The van der Waals surface area contributed by atoms with E-state index in [4.69, 9.17) is 5.84 Å². The fraction of sp³-hybridized carbons (Fsp3) is 0.600. The van der Waals surface area contributed by atoms with E-state index >= 15 is 0 Å². The molecule has 5 nitrogen and oxygen atoms in total. The summed E-state index contributed by atoms with van der Waals surface area (Å²) in [6.07, 6.45) is 1.95. The van der Waals surface area contributed by atoms with Crippen molar-refractivity contribution in [3.8, 4) is 0 Å². The van der Waals surface area contributed by atoms with Crippen molar-refractivity contribution in [3.63, 3.8) is 0 Å². The molecule has 0 saturated carbocycles. The summed E-state index contributed by atoms with van der Waals surface area (Å²) in [6.45, 7) is 7.29. The lowest BCUT2D eigenvalue weighted by molar-refractivity contribution is 0.686. The number of anilines is 2. The number of thioether (sulfide) groups is 1. The smallest absolute Gasteiger partial charge is 0.191 e. The van der Waals surface area contributed by atoms with E-state index in [-0.39, 0.29) is 0 Å². The van der Waals surface area contributed by atoms with Crippen molar-refractivity contribution in [1.29, 1.82) is 0 Å². The Balaban J connectivity index is 3.10. The molecule has 0 spiro atoms. The summed E-state index contributed by atoms with van der Waals surface area (Å²) in [7, 11) is 0. The average molecular weight is 241 g/mol. The summed E-state index contributed by atoms with van der Waals surface area (Å²) in [5.74, 6) is 6.95. The fourth-order valence-corrected chi connectivity index (χ4v) is 1.89. The minimum absolute atomic E-state index is 0.403. The standard InChI is InChI=1S/C10H19N5S/c1-5-15(7(2)3)9-6-8(14-11)12-10(13-9)16-4/h6-7H,5,11H2,1-4H3,(H,12,13,14). The van der Waals surface area contributed by atoms with Crippen LogP contribution < -0.4 is 16.2 Å². The molecule has 1 aromatic heterocycles. The molecule has 1 heterocycles. The number of hydrogen-bond donors (Lipinski definition) is 2. The minimum Gasteiger partial charge on any atom is -0.354 e. The molecule has 0 radical (unpaired) electrons. The molecule has 1 rings (SSSR count). The number of nitrogen functional groups attached to an aromatic ring is 1. The zero-order valence-electron chi connectivity index (χ0n) is 10.2. The second-order valence-corrected chi connectivity index (χ2v) is 4.40. The van der Waals surface area contributed by atoms with Crippen LogP contribution in [0.5, 0.6) is 0 Å². The van der Waals surface area contributed by atoms with Crippen LogP contribution in [0.15, 0.2) is 11.2 Å². The molecule has 0 aliphatic carbocycles. The summed E-state index contributed by atoms with van der Waals surface area (Å²) in [6, 6.07) is 2.27. The molecule has 0 saturated heterocycles. The maximum absolute atomic E-state index is 5.39. The number of rotatable bonds is 5. The van der Waals surface area contributed by atoms with Crippen LogP contribution in [0.3, 0.4) is 0 Å². The number of aromatic nitrogens is 2. The molecule has 0 aliphatic rings. The molecule has 16 heavy (non-hydrogen) atoms. The van der Waals surface area contributed by atoms with Crippen molar-refractivity contribution in [2.24, 2.45) is 5.84 Å². The van der Waals surface area contributed by atoms with Gasteiger partial charge in [0.2, 0.25) is 0 Å². The third kappa shape index (κ3) is 2.99. The highest BCUT2D eigenvalue weighted by molar-refractivity contribution is 7.98. The molecule has 0 fully saturated rings. The van der Waals surface area contributed by atoms with Crippen molar-refractivity contribution in [3.05, 3.63) is 6.07 Å². The summed E-state index contributed by atoms with van der Waals surface area (Å²) in [5.41, 5.74) is 2.57. The second-order valence-electron chi connectivity index (χ2n) is 3.62. The lowest BCUT2D eigenvalue weighted by Gasteiger charge is -2.26. The number of nitrogens with one attached hydrogen (secondary N) is 1. The Labute approximate surface area is 101 Å². The lowest BCUT2D eigenvalue weighted by Crippen LogP contribution is -2.31. The third-order valence-corrected chi connectivity index (χ3v) is 2.83. The van der Waals surface area contributed by atoms with Gasteiger partial charge in [0.1, 0.15) is 11.6 Å². The summed E-state index contributed by atoms with van der Waals surface area (Å²) < 4.78 is 0. The molecular weight excluding hydrogens is 222 g/mol. The van der Waals surface area contributed by atoms with Crippen LogP contribution in [0.2, 0.25) is 0 Å². The second kappa shape index (κ2) is 5.91. The number of nitrogens with two attached hydrogens (primary N) is 1. The molecule has 0 atom stereocenters. The summed E-state index contributed by atoms with van der Waals surface area (Å²) in [5, 5.41) is 0.726. The van der Waals surface area contributed by atoms with Gasteiger partial charge < -0.3 is 10.3 Å². The van der Waals surface area contributed by atoms with Gasteiger partial charge in [0.05, 0.1) is 0 Å². The van der Waals surface area contributed by atoms with Gasteiger partial charge in [0, 0.05) is 18.7 Å². The van der Waals surface area contributed by atoms with Gasteiger partial charge in [-0.2, -0.15) is 0 Å². The van der Waals surface area contributed by atoms with Crippen LogP contribution in [-0.2, 0) is 0 Å².